The smallest absolute Gasteiger partial charge is 0.357 e. The highest BCUT2D eigenvalue weighted by Gasteiger charge is 2.30. The van der Waals surface area contributed by atoms with Crippen molar-refractivity contribution >= 4 is 21.8 Å². The van der Waals surface area contributed by atoms with Crippen LogP contribution in [0.5, 0.6) is 0 Å². The molecule has 1 aliphatic rings. The van der Waals surface area contributed by atoms with Gasteiger partial charge in [0, 0.05) is 18.2 Å². The van der Waals surface area contributed by atoms with Crippen LogP contribution in [-0.2, 0) is 11.3 Å². The van der Waals surface area contributed by atoms with E-state index in [-0.39, 0.29) is 17.1 Å². The van der Waals surface area contributed by atoms with Crippen LogP contribution >= 0.6 is 0 Å². The zero-order valence-corrected chi connectivity index (χ0v) is 13.3. The molecule has 1 aromatic carbocycles. The predicted octanol–water partition coefficient (Wildman–Crippen LogP) is 3.61. The van der Waals surface area contributed by atoms with Gasteiger partial charge in [0.25, 0.3) is 5.56 Å². The lowest BCUT2D eigenvalue weighted by Crippen LogP contribution is -2.28. The summed E-state index contributed by atoms with van der Waals surface area (Å²) in [4.78, 5) is 12.7. The SMILES string of the molecule is O=c1c2cn(C3CCCCO3)nc2c2ccccc2n1CC(F)(F)F. The molecule has 0 spiro atoms. The van der Waals surface area contributed by atoms with Crippen LogP contribution in [0.1, 0.15) is 25.5 Å². The first-order chi connectivity index (χ1) is 11.9. The summed E-state index contributed by atoms with van der Waals surface area (Å²) in [7, 11) is 0. The molecule has 0 saturated carbocycles. The molecule has 0 aliphatic carbocycles. The number of para-hydroxylation sites is 1. The van der Waals surface area contributed by atoms with Crippen LogP contribution in [0.25, 0.3) is 21.8 Å². The molecule has 3 heterocycles. The van der Waals surface area contributed by atoms with E-state index < -0.39 is 18.3 Å². The fourth-order valence-electron chi connectivity index (χ4n) is 3.33. The fourth-order valence-corrected chi connectivity index (χ4v) is 3.33. The van der Waals surface area contributed by atoms with Crippen LogP contribution in [-0.4, -0.2) is 27.1 Å². The molecule has 1 fully saturated rings. The van der Waals surface area contributed by atoms with Crippen molar-refractivity contribution in [3.05, 3.63) is 40.8 Å². The molecule has 0 radical (unpaired) electrons. The van der Waals surface area contributed by atoms with E-state index >= 15 is 0 Å². The lowest BCUT2D eigenvalue weighted by atomic mass is 10.1. The van der Waals surface area contributed by atoms with Crippen molar-refractivity contribution in [3.8, 4) is 0 Å². The zero-order chi connectivity index (χ0) is 17.6. The zero-order valence-electron chi connectivity index (χ0n) is 13.3. The second kappa shape index (κ2) is 5.87. The fraction of sp³-hybridized carbons (Fsp3) is 0.412. The Morgan fingerprint density at radius 1 is 1.20 bits per heavy atom. The molecular formula is C17H16F3N3O2. The number of benzene rings is 1. The molecular weight excluding hydrogens is 335 g/mol. The topological polar surface area (TPSA) is 49.1 Å². The summed E-state index contributed by atoms with van der Waals surface area (Å²) < 4.78 is 46.8. The Balaban J connectivity index is 1.96. The van der Waals surface area contributed by atoms with Gasteiger partial charge < -0.3 is 4.74 Å². The van der Waals surface area contributed by atoms with E-state index in [4.69, 9.17) is 4.74 Å². The number of halogens is 3. The van der Waals surface area contributed by atoms with E-state index in [1.165, 1.54) is 12.3 Å². The Hall–Kier alpha value is -2.35. The number of rotatable bonds is 2. The number of pyridine rings is 1. The Labute approximate surface area is 140 Å². The van der Waals surface area contributed by atoms with Crippen molar-refractivity contribution in [2.45, 2.75) is 38.2 Å². The summed E-state index contributed by atoms with van der Waals surface area (Å²) in [6.07, 6.45) is -0.535. The second-order valence-corrected chi connectivity index (χ2v) is 6.22. The van der Waals surface area contributed by atoms with Gasteiger partial charge in [0.15, 0.2) is 0 Å². The van der Waals surface area contributed by atoms with Gasteiger partial charge in [-0.3, -0.25) is 9.36 Å². The van der Waals surface area contributed by atoms with Crippen LogP contribution < -0.4 is 5.56 Å². The molecule has 0 bridgehead atoms. The molecule has 25 heavy (non-hydrogen) atoms. The Kier molecular flexibility index (Phi) is 3.79. The quantitative estimate of drug-likeness (QED) is 0.709. The van der Waals surface area contributed by atoms with E-state index in [1.807, 2.05) is 0 Å². The first-order valence-corrected chi connectivity index (χ1v) is 8.13. The van der Waals surface area contributed by atoms with Crippen LogP contribution in [0.15, 0.2) is 35.3 Å². The number of nitrogens with zero attached hydrogens (tertiary/aromatic N) is 3. The van der Waals surface area contributed by atoms with Gasteiger partial charge in [-0.25, -0.2) is 4.68 Å². The Morgan fingerprint density at radius 3 is 2.72 bits per heavy atom. The third-order valence-electron chi connectivity index (χ3n) is 4.45. The molecule has 0 amide bonds. The van der Waals surface area contributed by atoms with E-state index in [1.54, 1.807) is 22.9 Å². The minimum Gasteiger partial charge on any atom is -0.357 e. The molecule has 132 valence electrons. The summed E-state index contributed by atoms with van der Waals surface area (Å²) in [6, 6.07) is 6.53. The highest BCUT2D eigenvalue weighted by atomic mass is 19.4. The third kappa shape index (κ3) is 2.90. The van der Waals surface area contributed by atoms with Crippen LogP contribution in [0.3, 0.4) is 0 Å². The van der Waals surface area contributed by atoms with Crippen molar-refractivity contribution in [1.82, 2.24) is 14.3 Å². The molecule has 4 rings (SSSR count). The summed E-state index contributed by atoms with van der Waals surface area (Å²) in [6.45, 7) is -0.715. The second-order valence-electron chi connectivity index (χ2n) is 6.22. The van der Waals surface area contributed by atoms with Gasteiger partial charge in [-0.15, -0.1) is 0 Å². The van der Waals surface area contributed by atoms with Crippen molar-refractivity contribution in [1.29, 1.82) is 0 Å². The number of ether oxygens (including phenoxy) is 1. The molecule has 1 unspecified atom stereocenters. The highest BCUT2D eigenvalue weighted by Crippen LogP contribution is 2.28. The lowest BCUT2D eigenvalue weighted by molar-refractivity contribution is -0.140. The number of alkyl halides is 3. The monoisotopic (exact) mass is 351 g/mol. The minimum absolute atomic E-state index is 0.178. The van der Waals surface area contributed by atoms with Crippen LogP contribution in [0, 0.1) is 0 Å². The molecule has 0 N–H and O–H groups in total. The van der Waals surface area contributed by atoms with Crippen molar-refractivity contribution in [2.24, 2.45) is 0 Å². The average Bonchev–Trinajstić information content (AvgIpc) is 3.04. The molecule has 1 atom stereocenters. The predicted molar refractivity (Wildman–Crippen MR) is 86.4 cm³/mol. The molecule has 8 heteroatoms. The summed E-state index contributed by atoms with van der Waals surface area (Å²) >= 11 is 0. The van der Waals surface area contributed by atoms with Crippen LogP contribution in [0.2, 0.25) is 0 Å². The number of hydrogen-bond acceptors (Lipinski definition) is 3. The summed E-state index contributed by atoms with van der Waals surface area (Å²) in [5, 5.41) is 5.16. The maximum Gasteiger partial charge on any atom is 0.406 e. The molecule has 1 saturated heterocycles. The van der Waals surface area contributed by atoms with Gasteiger partial charge >= 0.3 is 6.18 Å². The highest BCUT2D eigenvalue weighted by molar-refractivity contribution is 6.02. The Bertz CT molecular complexity index is 984. The van der Waals surface area contributed by atoms with Crippen molar-refractivity contribution < 1.29 is 17.9 Å². The summed E-state index contributed by atoms with van der Waals surface area (Å²) in [5.74, 6) is 0. The third-order valence-corrected chi connectivity index (χ3v) is 4.45. The normalized spacial score (nSPS) is 18.9. The largest absolute Gasteiger partial charge is 0.406 e. The van der Waals surface area contributed by atoms with E-state index in [0.29, 0.717) is 17.5 Å². The lowest BCUT2D eigenvalue weighted by Gasteiger charge is -2.22. The van der Waals surface area contributed by atoms with Gasteiger partial charge in [0.2, 0.25) is 0 Å². The van der Waals surface area contributed by atoms with Crippen molar-refractivity contribution in [3.63, 3.8) is 0 Å². The first-order valence-electron chi connectivity index (χ1n) is 8.13. The number of hydrogen-bond donors (Lipinski definition) is 0. The first kappa shape index (κ1) is 16.1. The standard InChI is InChI=1S/C17H16F3N3O2/c18-17(19,20)10-22-13-6-2-1-5-11(13)15-12(16(22)24)9-23(21-15)14-7-3-4-8-25-14/h1-2,5-6,9,14H,3-4,7-8,10H2. The molecule has 3 aromatic rings. The number of fused-ring (bicyclic) bond motifs is 3. The van der Waals surface area contributed by atoms with E-state index in [9.17, 15) is 18.0 Å². The Morgan fingerprint density at radius 2 is 2.00 bits per heavy atom. The van der Waals surface area contributed by atoms with Crippen molar-refractivity contribution in [2.75, 3.05) is 6.61 Å². The van der Waals surface area contributed by atoms with E-state index in [0.717, 1.165) is 23.8 Å². The van der Waals surface area contributed by atoms with E-state index in [2.05, 4.69) is 5.10 Å². The van der Waals surface area contributed by atoms with Gasteiger partial charge in [0.1, 0.15) is 18.3 Å². The molecule has 5 nitrogen and oxygen atoms in total. The minimum atomic E-state index is -4.48. The maximum absolute atomic E-state index is 12.9. The average molecular weight is 351 g/mol. The maximum atomic E-state index is 12.9. The molecule has 1 aliphatic heterocycles. The van der Waals surface area contributed by atoms with Crippen LogP contribution in [0.4, 0.5) is 13.2 Å². The van der Waals surface area contributed by atoms with Gasteiger partial charge in [0.05, 0.1) is 10.9 Å². The summed E-state index contributed by atoms with van der Waals surface area (Å²) in [5.41, 5.74) is -0.0478. The molecule has 2 aromatic heterocycles. The van der Waals surface area contributed by atoms with Gasteiger partial charge in [-0.1, -0.05) is 18.2 Å². The number of aromatic nitrogens is 3. The van der Waals surface area contributed by atoms with Gasteiger partial charge in [-0.2, -0.15) is 18.3 Å². The van der Waals surface area contributed by atoms with Gasteiger partial charge in [-0.05, 0) is 25.3 Å².